The molecule has 34 heavy (non-hydrogen) atoms. The van der Waals surface area contributed by atoms with Crippen molar-refractivity contribution < 1.29 is 19.0 Å². The van der Waals surface area contributed by atoms with Crippen LogP contribution in [0.3, 0.4) is 0 Å². The zero-order valence-corrected chi connectivity index (χ0v) is 20.4. The molecule has 0 unspecified atom stereocenters. The average molecular weight is 471 g/mol. The number of hydrogen-bond donors (Lipinski definition) is 1. The van der Waals surface area contributed by atoms with E-state index in [0.717, 1.165) is 49.3 Å². The van der Waals surface area contributed by atoms with Gasteiger partial charge in [-0.15, -0.1) is 0 Å². The number of methoxy groups -OCH3 is 1. The first-order valence-electron chi connectivity index (χ1n) is 13.0. The minimum atomic E-state index is -1.07. The number of ether oxygens (including phenoxy) is 1. The summed E-state index contributed by atoms with van der Waals surface area (Å²) >= 11 is 0. The Balaban J connectivity index is 1.39. The number of fused-ring (bicyclic) bond motifs is 1. The van der Waals surface area contributed by atoms with Gasteiger partial charge in [-0.05, 0) is 92.7 Å². The summed E-state index contributed by atoms with van der Waals surface area (Å²) in [6, 6.07) is 7.36. The van der Waals surface area contributed by atoms with Crippen LogP contribution in [0.5, 0.6) is 5.75 Å². The highest BCUT2D eigenvalue weighted by Crippen LogP contribution is 2.37. The van der Waals surface area contributed by atoms with Gasteiger partial charge in [0.25, 0.3) is 0 Å². The lowest BCUT2D eigenvalue weighted by Gasteiger charge is -2.41. The Morgan fingerprint density at radius 2 is 2.00 bits per heavy atom. The van der Waals surface area contributed by atoms with E-state index in [4.69, 9.17) is 4.74 Å². The number of carboxylic acid groups (broad SMARTS) is 1. The number of aromatic nitrogens is 1. The molecule has 1 saturated heterocycles. The molecule has 1 aromatic heterocycles. The highest BCUT2D eigenvalue weighted by atomic mass is 19.1. The first kappa shape index (κ1) is 24.9. The van der Waals surface area contributed by atoms with Gasteiger partial charge in [0.15, 0.2) is 0 Å². The third-order valence-electron chi connectivity index (χ3n) is 8.06. The van der Waals surface area contributed by atoms with Gasteiger partial charge in [-0.3, -0.25) is 9.78 Å². The number of rotatable bonds is 10. The van der Waals surface area contributed by atoms with Crippen LogP contribution in [-0.4, -0.2) is 47.7 Å². The van der Waals surface area contributed by atoms with E-state index >= 15 is 4.39 Å². The molecule has 1 N–H and O–H groups in total. The van der Waals surface area contributed by atoms with Crippen LogP contribution in [0.2, 0.25) is 0 Å². The van der Waals surface area contributed by atoms with Crippen molar-refractivity contribution in [3.8, 4) is 5.75 Å². The highest BCUT2D eigenvalue weighted by molar-refractivity contribution is 5.83. The predicted molar refractivity (Wildman–Crippen MR) is 133 cm³/mol. The summed E-state index contributed by atoms with van der Waals surface area (Å²) in [6.07, 6.45) is 10.5. The molecule has 0 spiro atoms. The molecule has 1 aliphatic heterocycles. The van der Waals surface area contributed by atoms with Crippen LogP contribution in [0.1, 0.15) is 75.9 Å². The molecule has 5 nitrogen and oxygen atoms in total. The number of aliphatic carboxylic acids is 1. The Kier molecular flexibility index (Phi) is 8.76. The van der Waals surface area contributed by atoms with Crippen LogP contribution in [0.15, 0.2) is 30.5 Å². The second-order valence-electron chi connectivity index (χ2n) is 10.3. The first-order valence-corrected chi connectivity index (χ1v) is 13.0. The van der Waals surface area contributed by atoms with Gasteiger partial charge in [0.1, 0.15) is 11.9 Å². The molecule has 1 saturated carbocycles. The molecule has 3 atom stereocenters. The van der Waals surface area contributed by atoms with Crippen LogP contribution in [0.25, 0.3) is 10.9 Å². The minimum Gasteiger partial charge on any atom is -0.497 e. The van der Waals surface area contributed by atoms with Crippen LogP contribution < -0.4 is 4.74 Å². The van der Waals surface area contributed by atoms with Crippen LogP contribution in [0.4, 0.5) is 4.39 Å². The van der Waals surface area contributed by atoms with Crippen LogP contribution in [0, 0.1) is 17.8 Å². The summed E-state index contributed by atoms with van der Waals surface area (Å²) in [5, 5.41) is 10.1. The van der Waals surface area contributed by atoms with Gasteiger partial charge >= 0.3 is 5.97 Å². The maximum absolute atomic E-state index is 15.5. The Bertz CT molecular complexity index is 946. The average Bonchev–Trinajstić information content (AvgIpc) is 2.86. The summed E-state index contributed by atoms with van der Waals surface area (Å²) in [4.78, 5) is 18.2. The van der Waals surface area contributed by atoms with E-state index < -0.39 is 12.1 Å². The summed E-state index contributed by atoms with van der Waals surface area (Å²) in [5.74, 6) is 1.46. The van der Waals surface area contributed by atoms with Crippen molar-refractivity contribution in [2.45, 2.75) is 70.4 Å². The normalized spacial score (nSPS) is 23.1. The van der Waals surface area contributed by atoms with Crippen molar-refractivity contribution in [2.75, 3.05) is 26.7 Å². The lowest BCUT2D eigenvalue weighted by Crippen LogP contribution is -2.43. The van der Waals surface area contributed by atoms with E-state index in [0.29, 0.717) is 36.0 Å². The maximum Gasteiger partial charge on any atom is 0.303 e. The topological polar surface area (TPSA) is 62.7 Å². The molecule has 0 bridgehead atoms. The molecule has 2 heterocycles. The summed E-state index contributed by atoms with van der Waals surface area (Å²) < 4.78 is 20.8. The SMILES string of the molecule is COc1ccc2nccc([C@H](F)CC[C@@H]3CCN(CC4CCCCC4)C[C@H]3CCC(=O)O)c2c1. The second kappa shape index (κ2) is 12.0. The predicted octanol–water partition coefficient (Wildman–Crippen LogP) is 6.42. The second-order valence-corrected chi connectivity index (χ2v) is 10.3. The smallest absolute Gasteiger partial charge is 0.303 e. The van der Waals surface area contributed by atoms with Gasteiger partial charge in [-0.25, -0.2) is 4.39 Å². The number of piperidine rings is 1. The molecule has 0 amide bonds. The molecule has 4 rings (SSSR count). The fourth-order valence-electron chi connectivity index (χ4n) is 6.14. The third-order valence-corrected chi connectivity index (χ3v) is 8.06. The van der Waals surface area contributed by atoms with Crippen molar-refractivity contribution in [3.05, 3.63) is 36.0 Å². The van der Waals surface area contributed by atoms with Gasteiger partial charge in [0.2, 0.25) is 0 Å². The Labute approximate surface area is 202 Å². The number of alkyl halides is 1. The van der Waals surface area contributed by atoms with Crippen molar-refractivity contribution >= 4 is 16.9 Å². The van der Waals surface area contributed by atoms with E-state index in [1.54, 1.807) is 19.4 Å². The molecule has 0 radical (unpaired) electrons. The summed E-state index contributed by atoms with van der Waals surface area (Å²) in [7, 11) is 1.61. The van der Waals surface area contributed by atoms with Gasteiger partial charge < -0.3 is 14.7 Å². The van der Waals surface area contributed by atoms with Gasteiger partial charge in [0.05, 0.1) is 12.6 Å². The zero-order valence-electron chi connectivity index (χ0n) is 20.4. The van der Waals surface area contributed by atoms with Gasteiger partial charge in [-0.1, -0.05) is 19.3 Å². The zero-order chi connectivity index (χ0) is 23.9. The molecule has 1 aromatic carbocycles. The van der Waals surface area contributed by atoms with Gasteiger partial charge in [0, 0.05) is 31.1 Å². The lowest BCUT2D eigenvalue weighted by atomic mass is 9.78. The molecule has 2 fully saturated rings. The fourth-order valence-corrected chi connectivity index (χ4v) is 6.14. The molecule has 6 heteroatoms. The van der Waals surface area contributed by atoms with E-state index in [1.807, 2.05) is 18.2 Å². The van der Waals surface area contributed by atoms with Crippen LogP contribution >= 0.6 is 0 Å². The number of pyridine rings is 1. The lowest BCUT2D eigenvalue weighted by molar-refractivity contribution is -0.137. The van der Waals surface area contributed by atoms with Crippen molar-refractivity contribution in [1.82, 2.24) is 9.88 Å². The third kappa shape index (κ3) is 6.47. The van der Waals surface area contributed by atoms with Crippen molar-refractivity contribution in [2.24, 2.45) is 17.8 Å². The van der Waals surface area contributed by atoms with E-state index in [9.17, 15) is 9.90 Å². The number of hydrogen-bond acceptors (Lipinski definition) is 4. The number of benzene rings is 1. The number of carboxylic acids is 1. The highest BCUT2D eigenvalue weighted by Gasteiger charge is 2.31. The molecular formula is C28H39FN2O3. The van der Waals surface area contributed by atoms with E-state index in [2.05, 4.69) is 9.88 Å². The molecule has 2 aliphatic rings. The monoisotopic (exact) mass is 470 g/mol. The maximum atomic E-state index is 15.5. The quantitative estimate of drug-likeness (QED) is 0.434. The summed E-state index contributed by atoms with van der Waals surface area (Å²) in [5.41, 5.74) is 1.44. The number of nitrogens with zero attached hydrogens (tertiary/aromatic N) is 2. The number of likely N-dealkylation sites (tertiary alicyclic amines) is 1. The van der Waals surface area contributed by atoms with Crippen LogP contribution in [-0.2, 0) is 4.79 Å². The number of carbonyl (C=O) groups is 1. The number of halogens is 1. The van der Waals surface area contributed by atoms with Crippen molar-refractivity contribution in [1.29, 1.82) is 0 Å². The van der Waals surface area contributed by atoms with E-state index in [1.165, 1.54) is 32.1 Å². The molecule has 186 valence electrons. The Hall–Kier alpha value is -2.21. The summed E-state index contributed by atoms with van der Waals surface area (Å²) in [6.45, 7) is 3.16. The molecule has 2 aromatic rings. The minimum absolute atomic E-state index is 0.201. The first-order chi connectivity index (χ1) is 16.5. The standard InChI is InChI=1S/C28H39FN2O3/c1-34-23-9-11-27-25(17-23)24(13-15-30-27)26(29)10-7-21-14-16-31(18-20-5-3-2-4-6-20)19-22(21)8-12-28(32)33/h9,11,13,15,17,20-22,26H,2-8,10,12,14,16,18-19H2,1H3,(H,32,33)/t21-,22-,26-/m1/s1. The van der Waals surface area contributed by atoms with Crippen molar-refractivity contribution in [3.63, 3.8) is 0 Å². The van der Waals surface area contributed by atoms with Gasteiger partial charge in [-0.2, -0.15) is 0 Å². The molecular weight excluding hydrogens is 431 g/mol. The molecule has 1 aliphatic carbocycles. The van der Waals surface area contributed by atoms with E-state index in [-0.39, 0.29) is 6.42 Å². The Morgan fingerprint density at radius 1 is 1.18 bits per heavy atom. The largest absolute Gasteiger partial charge is 0.497 e. The fraction of sp³-hybridized carbons (Fsp3) is 0.643. The Morgan fingerprint density at radius 3 is 2.76 bits per heavy atom.